The maximum absolute atomic E-state index is 5.83. The van der Waals surface area contributed by atoms with Gasteiger partial charge in [0, 0.05) is 25.1 Å². The molecule has 0 aromatic heterocycles. The summed E-state index contributed by atoms with van der Waals surface area (Å²) >= 11 is 0. The van der Waals surface area contributed by atoms with E-state index in [1.54, 1.807) is 0 Å². The zero-order valence-electron chi connectivity index (χ0n) is 14.0. The molecule has 0 radical (unpaired) electrons. The van der Waals surface area contributed by atoms with Crippen molar-refractivity contribution >= 4 is 40.7 Å². The standard InChI is InChI=1S/C18H25N3O2.HI/c1-2-22-13-6-11-20-18(19)21-12-14-23-17-10-5-8-15-7-3-4-9-16(15)17;/h3-5,7-10H,2,6,11-14H2,1H3,(H3,19,20,21);1H. The zero-order chi connectivity index (χ0) is 16.3. The highest BCUT2D eigenvalue weighted by Gasteiger charge is 2.00. The fourth-order valence-electron chi connectivity index (χ4n) is 2.23. The second-order valence-electron chi connectivity index (χ2n) is 5.07. The Morgan fingerprint density at radius 2 is 1.92 bits per heavy atom. The van der Waals surface area contributed by atoms with Crippen LogP contribution >= 0.6 is 24.0 Å². The SMILES string of the molecule is CCOCCCN=C(N)NCCOc1cccc2ccccc12.I. The van der Waals surface area contributed by atoms with Gasteiger partial charge in [0.15, 0.2) is 5.96 Å². The molecule has 0 amide bonds. The Morgan fingerprint density at radius 3 is 2.75 bits per heavy atom. The van der Waals surface area contributed by atoms with Gasteiger partial charge < -0.3 is 20.5 Å². The van der Waals surface area contributed by atoms with Crippen LogP contribution in [0.4, 0.5) is 0 Å². The number of nitrogens with one attached hydrogen (secondary N) is 1. The van der Waals surface area contributed by atoms with E-state index in [0.29, 0.717) is 25.7 Å². The molecule has 0 saturated heterocycles. The van der Waals surface area contributed by atoms with Gasteiger partial charge in [0.05, 0.1) is 6.54 Å². The van der Waals surface area contributed by atoms with E-state index in [1.807, 2.05) is 31.2 Å². The third-order valence-corrected chi connectivity index (χ3v) is 3.35. The largest absolute Gasteiger partial charge is 0.491 e. The monoisotopic (exact) mass is 443 g/mol. The van der Waals surface area contributed by atoms with Crippen LogP contribution < -0.4 is 15.8 Å². The van der Waals surface area contributed by atoms with Crippen molar-refractivity contribution in [3.63, 3.8) is 0 Å². The number of halogens is 1. The van der Waals surface area contributed by atoms with Crippen molar-refractivity contribution < 1.29 is 9.47 Å². The second kappa shape index (κ2) is 11.9. The number of aliphatic imine (C=N–C) groups is 1. The Kier molecular flexibility index (Phi) is 10.2. The van der Waals surface area contributed by atoms with Gasteiger partial charge in [-0.3, -0.25) is 4.99 Å². The Bertz CT molecular complexity index is 629. The zero-order valence-corrected chi connectivity index (χ0v) is 16.4. The van der Waals surface area contributed by atoms with Gasteiger partial charge >= 0.3 is 0 Å². The molecule has 6 heteroatoms. The molecule has 24 heavy (non-hydrogen) atoms. The minimum Gasteiger partial charge on any atom is -0.491 e. The van der Waals surface area contributed by atoms with Gasteiger partial charge in [0.1, 0.15) is 12.4 Å². The van der Waals surface area contributed by atoms with Crippen LogP contribution in [-0.4, -0.2) is 38.9 Å². The number of fused-ring (bicyclic) bond motifs is 1. The van der Waals surface area contributed by atoms with E-state index in [1.165, 1.54) is 5.39 Å². The van der Waals surface area contributed by atoms with E-state index in [0.717, 1.165) is 30.8 Å². The third-order valence-electron chi connectivity index (χ3n) is 3.35. The number of hydrogen-bond donors (Lipinski definition) is 2. The second-order valence-corrected chi connectivity index (χ2v) is 5.07. The highest BCUT2D eigenvalue weighted by atomic mass is 127. The van der Waals surface area contributed by atoms with Crippen LogP contribution in [0, 0.1) is 0 Å². The molecule has 2 rings (SSSR count). The molecule has 0 aliphatic heterocycles. The van der Waals surface area contributed by atoms with Crippen LogP contribution in [0.1, 0.15) is 13.3 Å². The summed E-state index contributed by atoms with van der Waals surface area (Å²) in [5.41, 5.74) is 5.80. The molecule has 0 unspecified atom stereocenters. The number of benzene rings is 2. The molecule has 0 aliphatic rings. The van der Waals surface area contributed by atoms with Gasteiger partial charge in [0.25, 0.3) is 0 Å². The smallest absolute Gasteiger partial charge is 0.188 e. The van der Waals surface area contributed by atoms with E-state index >= 15 is 0 Å². The van der Waals surface area contributed by atoms with Crippen molar-refractivity contribution in [1.82, 2.24) is 5.32 Å². The Morgan fingerprint density at radius 1 is 1.12 bits per heavy atom. The molecule has 0 bridgehead atoms. The number of guanidine groups is 1. The summed E-state index contributed by atoms with van der Waals surface area (Å²) in [5, 5.41) is 5.35. The first-order valence-electron chi connectivity index (χ1n) is 8.03. The number of ether oxygens (including phenoxy) is 2. The lowest BCUT2D eigenvalue weighted by Gasteiger charge is -2.10. The van der Waals surface area contributed by atoms with E-state index in [9.17, 15) is 0 Å². The van der Waals surface area contributed by atoms with Crippen molar-refractivity contribution in [1.29, 1.82) is 0 Å². The van der Waals surface area contributed by atoms with Crippen molar-refractivity contribution in [2.24, 2.45) is 10.7 Å². The highest BCUT2D eigenvalue weighted by Crippen LogP contribution is 2.24. The maximum atomic E-state index is 5.83. The van der Waals surface area contributed by atoms with Crippen LogP contribution in [0.3, 0.4) is 0 Å². The summed E-state index contributed by atoms with van der Waals surface area (Å²) < 4.78 is 11.1. The first-order valence-corrected chi connectivity index (χ1v) is 8.03. The lowest BCUT2D eigenvalue weighted by Crippen LogP contribution is -2.34. The molecule has 0 spiro atoms. The van der Waals surface area contributed by atoms with Crippen LogP contribution in [-0.2, 0) is 4.74 Å². The lowest BCUT2D eigenvalue weighted by molar-refractivity contribution is 0.146. The maximum Gasteiger partial charge on any atom is 0.188 e. The molecular formula is C18H26IN3O2. The van der Waals surface area contributed by atoms with Gasteiger partial charge in [-0.25, -0.2) is 0 Å². The summed E-state index contributed by atoms with van der Waals surface area (Å²) in [6.07, 6.45) is 0.878. The van der Waals surface area contributed by atoms with Crippen molar-refractivity contribution in [2.45, 2.75) is 13.3 Å². The highest BCUT2D eigenvalue weighted by molar-refractivity contribution is 14.0. The Labute approximate surface area is 160 Å². The predicted octanol–water partition coefficient (Wildman–Crippen LogP) is 3.17. The topological polar surface area (TPSA) is 68.9 Å². The van der Waals surface area contributed by atoms with Gasteiger partial charge in [-0.05, 0) is 24.8 Å². The van der Waals surface area contributed by atoms with Crippen molar-refractivity contribution in [3.8, 4) is 5.75 Å². The van der Waals surface area contributed by atoms with Crippen molar-refractivity contribution in [3.05, 3.63) is 42.5 Å². The normalized spacial score (nSPS) is 11.1. The average Bonchev–Trinajstić information content (AvgIpc) is 2.58. The number of hydrogen-bond acceptors (Lipinski definition) is 3. The predicted molar refractivity (Wildman–Crippen MR) is 110 cm³/mol. The minimum absolute atomic E-state index is 0. The molecule has 0 saturated carbocycles. The Balaban J connectivity index is 0.00000288. The quantitative estimate of drug-likeness (QED) is 0.271. The van der Waals surface area contributed by atoms with E-state index in [4.69, 9.17) is 15.2 Å². The third kappa shape index (κ3) is 6.92. The van der Waals surface area contributed by atoms with E-state index in [2.05, 4.69) is 28.5 Å². The number of nitrogens with zero attached hydrogens (tertiary/aromatic N) is 1. The van der Waals surface area contributed by atoms with Crippen LogP contribution in [0.5, 0.6) is 5.75 Å². The van der Waals surface area contributed by atoms with Crippen LogP contribution in [0.25, 0.3) is 10.8 Å². The van der Waals surface area contributed by atoms with Gasteiger partial charge in [-0.15, -0.1) is 24.0 Å². The molecule has 0 heterocycles. The molecule has 132 valence electrons. The summed E-state index contributed by atoms with van der Waals surface area (Å²) in [6.45, 7) is 5.26. The van der Waals surface area contributed by atoms with E-state index in [-0.39, 0.29) is 24.0 Å². The number of nitrogens with two attached hydrogens (primary N) is 1. The van der Waals surface area contributed by atoms with Gasteiger partial charge in [-0.2, -0.15) is 0 Å². The molecule has 0 atom stereocenters. The lowest BCUT2D eigenvalue weighted by atomic mass is 10.1. The van der Waals surface area contributed by atoms with E-state index < -0.39 is 0 Å². The van der Waals surface area contributed by atoms with Crippen molar-refractivity contribution in [2.75, 3.05) is 32.9 Å². The van der Waals surface area contributed by atoms with Crippen LogP contribution in [0.2, 0.25) is 0 Å². The molecule has 2 aromatic rings. The fraction of sp³-hybridized carbons (Fsp3) is 0.389. The first kappa shape index (κ1) is 20.5. The Hall–Kier alpha value is -1.54. The first-order chi connectivity index (χ1) is 11.3. The van der Waals surface area contributed by atoms with Gasteiger partial charge in [-0.1, -0.05) is 36.4 Å². The van der Waals surface area contributed by atoms with Crippen LogP contribution in [0.15, 0.2) is 47.5 Å². The summed E-state index contributed by atoms with van der Waals surface area (Å²) in [6, 6.07) is 14.2. The molecule has 0 fully saturated rings. The summed E-state index contributed by atoms with van der Waals surface area (Å²) in [5.74, 6) is 1.33. The number of rotatable bonds is 9. The molecule has 2 aromatic carbocycles. The fourth-order valence-corrected chi connectivity index (χ4v) is 2.23. The molecular weight excluding hydrogens is 417 g/mol. The molecule has 0 aliphatic carbocycles. The van der Waals surface area contributed by atoms with Gasteiger partial charge in [0.2, 0.25) is 0 Å². The summed E-state index contributed by atoms with van der Waals surface area (Å²) in [4.78, 5) is 4.24. The average molecular weight is 443 g/mol. The summed E-state index contributed by atoms with van der Waals surface area (Å²) in [7, 11) is 0. The molecule has 5 nitrogen and oxygen atoms in total. The molecule has 3 N–H and O–H groups in total. The minimum atomic E-state index is 0.